The van der Waals surface area contributed by atoms with Gasteiger partial charge in [0.1, 0.15) is 16.9 Å². The molecule has 0 aliphatic carbocycles. The highest BCUT2D eigenvalue weighted by Crippen LogP contribution is 2.42. The number of hydrogen-bond donors (Lipinski definition) is 2. The second-order valence-corrected chi connectivity index (χ2v) is 9.48. The highest BCUT2D eigenvalue weighted by Gasteiger charge is 2.24. The van der Waals surface area contributed by atoms with Gasteiger partial charge in [0.25, 0.3) is 0 Å². The van der Waals surface area contributed by atoms with Crippen molar-refractivity contribution < 1.29 is 23.5 Å². The molecule has 2 aromatic heterocycles. The molecule has 11 heteroatoms. The Hall–Kier alpha value is -3.86. The molecule has 10 nitrogen and oxygen atoms in total. The average molecular weight is 524 g/mol. The molecule has 1 aliphatic heterocycles. The van der Waals surface area contributed by atoms with Gasteiger partial charge >= 0.3 is 6.09 Å². The predicted molar refractivity (Wildman–Crippen MR) is 140 cm³/mol. The van der Waals surface area contributed by atoms with Crippen molar-refractivity contribution in [3.63, 3.8) is 0 Å². The first-order valence-corrected chi connectivity index (χ1v) is 12.9. The van der Waals surface area contributed by atoms with Crippen LogP contribution < -0.4 is 19.5 Å². The summed E-state index contributed by atoms with van der Waals surface area (Å²) in [6, 6.07) is 8.17. The molecule has 2 N–H and O–H groups in total. The minimum absolute atomic E-state index is 0.341. The third-order valence-corrected chi connectivity index (χ3v) is 7.10. The van der Waals surface area contributed by atoms with Gasteiger partial charge in [0, 0.05) is 23.9 Å². The quantitative estimate of drug-likeness (QED) is 0.294. The molecule has 194 valence electrons. The lowest BCUT2D eigenvalue weighted by Crippen LogP contribution is -2.21. The molecule has 0 fully saturated rings. The lowest BCUT2D eigenvalue weighted by atomic mass is 9.97. The minimum Gasteiger partial charge on any atom is -0.496 e. The van der Waals surface area contributed by atoms with E-state index in [2.05, 4.69) is 44.1 Å². The molecule has 0 radical (unpaired) electrons. The maximum atomic E-state index is 11.4. The number of carbonyl (C=O) groups is 1. The van der Waals surface area contributed by atoms with E-state index in [1.807, 2.05) is 23.0 Å². The molecule has 2 aromatic carbocycles. The van der Waals surface area contributed by atoms with Gasteiger partial charge in [-0.3, -0.25) is 4.68 Å². The van der Waals surface area contributed by atoms with Crippen LogP contribution >= 0.6 is 11.9 Å². The van der Waals surface area contributed by atoms with Crippen molar-refractivity contribution >= 4 is 34.8 Å². The van der Waals surface area contributed by atoms with Crippen LogP contribution in [0.1, 0.15) is 35.6 Å². The van der Waals surface area contributed by atoms with E-state index in [9.17, 15) is 4.79 Å². The Balaban J connectivity index is 1.40. The molecule has 5 rings (SSSR count). The fourth-order valence-corrected chi connectivity index (χ4v) is 5.17. The first kappa shape index (κ1) is 24.8. The van der Waals surface area contributed by atoms with E-state index in [0.29, 0.717) is 31.1 Å². The van der Waals surface area contributed by atoms with E-state index in [0.717, 1.165) is 57.7 Å². The number of carbonyl (C=O) groups excluding carboxylic acids is 1. The molecule has 0 saturated heterocycles. The highest BCUT2D eigenvalue weighted by atomic mass is 32.2. The molecule has 37 heavy (non-hydrogen) atoms. The number of rotatable bonds is 9. The summed E-state index contributed by atoms with van der Waals surface area (Å²) >= 11 is 1.44. The molecular weight excluding hydrogens is 494 g/mol. The largest absolute Gasteiger partial charge is 0.496 e. The maximum absolute atomic E-state index is 11.4. The molecule has 3 heterocycles. The number of anilines is 1. The second-order valence-electron chi connectivity index (χ2n) is 8.63. The number of alkyl carbamates (subject to hydrolysis) is 1. The van der Waals surface area contributed by atoms with Gasteiger partial charge in [-0.2, -0.15) is 5.10 Å². The second kappa shape index (κ2) is 11.0. The minimum atomic E-state index is -0.478. The van der Waals surface area contributed by atoms with Gasteiger partial charge in [-0.05, 0) is 60.5 Å². The summed E-state index contributed by atoms with van der Waals surface area (Å²) in [5.74, 6) is 2.21. The Bertz CT molecular complexity index is 1420. The van der Waals surface area contributed by atoms with Gasteiger partial charge in [-0.1, -0.05) is 18.1 Å². The number of amides is 1. The number of fused-ring (bicyclic) bond motifs is 3. The van der Waals surface area contributed by atoms with Gasteiger partial charge in [0.05, 0.1) is 38.5 Å². The van der Waals surface area contributed by atoms with Crippen LogP contribution in [0.3, 0.4) is 0 Å². The van der Waals surface area contributed by atoms with Gasteiger partial charge in [0.15, 0.2) is 11.4 Å². The smallest absolute Gasteiger partial charge is 0.407 e. The summed E-state index contributed by atoms with van der Waals surface area (Å²) in [6.45, 7) is 3.65. The fraction of sp³-hybridized carbons (Fsp3) is 0.346. The van der Waals surface area contributed by atoms with Crippen LogP contribution in [0, 0.1) is 0 Å². The van der Waals surface area contributed by atoms with Crippen molar-refractivity contribution in [2.45, 2.75) is 44.2 Å². The SMILES string of the molecule is CCc1ccc(OC)c(SNc2noc3cc(Cn4cc(CNC(=O)OC)cn4)c4c(c23)OCCC4)c1. The lowest BCUT2D eigenvalue weighted by molar-refractivity contribution is 0.170. The molecule has 0 bridgehead atoms. The number of aromatic nitrogens is 3. The van der Waals surface area contributed by atoms with Crippen LogP contribution in [0.15, 0.2) is 46.1 Å². The van der Waals surface area contributed by atoms with Gasteiger partial charge in [-0.15, -0.1) is 0 Å². The summed E-state index contributed by atoms with van der Waals surface area (Å²) in [5, 5.41) is 12.3. The summed E-state index contributed by atoms with van der Waals surface area (Å²) in [5.41, 5.74) is 4.94. The van der Waals surface area contributed by atoms with Crippen molar-refractivity contribution in [2.75, 3.05) is 25.5 Å². The van der Waals surface area contributed by atoms with Crippen LogP contribution in [0.2, 0.25) is 0 Å². The molecular formula is C26H29N5O5S. The molecule has 1 amide bonds. The monoisotopic (exact) mass is 523 g/mol. The zero-order chi connectivity index (χ0) is 25.8. The third kappa shape index (κ3) is 5.31. The Morgan fingerprint density at radius 3 is 2.95 bits per heavy atom. The fourth-order valence-electron chi connectivity index (χ4n) is 4.36. The van der Waals surface area contributed by atoms with Crippen molar-refractivity contribution in [1.29, 1.82) is 0 Å². The van der Waals surface area contributed by atoms with E-state index in [1.54, 1.807) is 13.3 Å². The van der Waals surface area contributed by atoms with Crippen LogP contribution in [0.5, 0.6) is 11.5 Å². The van der Waals surface area contributed by atoms with Crippen LogP contribution in [-0.4, -0.2) is 41.9 Å². The zero-order valence-electron chi connectivity index (χ0n) is 21.0. The van der Waals surface area contributed by atoms with Crippen molar-refractivity contribution in [2.24, 2.45) is 0 Å². The molecule has 0 spiro atoms. The Kier molecular flexibility index (Phi) is 7.40. The standard InChI is InChI=1S/C26H29N5O5S/c1-4-16-7-8-20(33-2)22(10-16)37-30-25-23-21(36-29-25)11-18(19-6-5-9-35-24(19)23)15-31-14-17(13-28-31)12-27-26(32)34-3/h7-8,10-11,13-14H,4-6,9,12,15H2,1-3H3,(H,27,32)(H,29,30). The number of nitrogens with one attached hydrogen (secondary N) is 2. The van der Waals surface area contributed by atoms with Gasteiger partial charge in [0.2, 0.25) is 0 Å². The van der Waals surface area contributed by atoms with Crippen molar-refractivity contribution in [3.8, 4) is 11.5 Å². The van der Waals surface area contributed by atoms with Crippen molar-refractivity contribution in [3.05, 3.63) is 58.9 Å². The maximum Gasteiger partial charge on any atom is 0.407 e. The van der Waals surface area contributed by atoms with E-state index in [-0.39, 0.29) is 0 Å². The highest BCUT2D eigenvalue weighted by molar-refractivity contribution is 8.00. The Labute approximate surface area is 218 Å². The Morgan fingerprint density at radius 1 is 1.24 bits per heavy atom. The van der Waals surface area contributed by atoms with E-state index < -0.39 is 6.09 Å². The normalized spacial score (nSPS) is 12.6. The number of aryl methyl sites for hydroxylation is 1. The summed E-state index contributed by atoms with van der Waals surface area (Å²) in [7, 11) is 3.00. The summed E-state index contributed by atoms with van der Waals surface area (Å²) < 4.78 is 27.2. The topological polar surface area (TPSA) is 113 Å². The zero-order valence-corrected chi connectivity index (χ0v) is 21.8. The summed E-state index contributed by atoms with van der Waals surface area (Å²) in [6.07, 6.45) is 5.92. The number of methoxy groups -OCH3 is 2. The first-order chi connectivity index (χ1) is 18.1. The van der Waals surface area contributed by atoms with E-state index in [4.69, 9.17) is 14.0 Å². The molecule has 1 aliphatic rings. The van der Waals surface area contributed by atoms with Crippen LogP contribution in [0.25, 0.3) is 11.0 Å². The Morgan fingerprint density at radius 2 is 2.14 bits per heavy atom. The molecule has 4 aromatic rings. The first-order valence-electron chi connectivity index (χ1n) is 12.1. The molecule has 0 atom stereocenters. The molecule has 0 saturated carbocycles. The van der Waals surface area contributed by atoms with Crippen LogP contribution in [0.4, 0.5) is 10.6 Å². The molecule has 0 unspecified atom stereocenters. The third-order valence-electron chi connectivity index (χ3n) is 6.27. The predicted octanol–water partition coefficient (Wildman–Crippen LogP) is 4.94. The number of benzene rings is 2. The van der Waals surface area contributed by atoms with E-state index in [1.165, 1.54) is 24.6 Å². The average Bonchev–Trinajstić information content (AvgIpc) is 3.57. The number of hydrogen-bond acceptors (Lipinski definition) is 9. The summed E-state index contributed by atoms with van der Waals surface area (Å²) in [4.78, 5) is 12.3. The van der Waals surface area contributed by atoms with Crippen molar-refractivity contribution in [1.82, 2.24) is 20.3 Å². The lowest BCUT2D eigenvalue weighted by Gasteiger charge is -2.21. The number of nitrogens with zero attached hydrogens (tertiary/aromatic N) is 3. The van der Waals surface area contributed by atoms with Gasteiger partial charge < -0.3 is 28.8 Å². The van der Waals surface area contributed by atoms with Crippen LogP contribution in [-0.2, 0) is 30.7 Å². The number of ether oxygens (including phenoxy) is 3. The van der Waals surface area contributed by atoms with Gasteiger partial charge in [-0.25, -0.2) is 4.79 Å². The van der Waals surface area contributed by atoms with E-state index >= 15 is 0 Å².